The van der Waals surface area contributed by atoms with E-state index in [2.05, 4.69) is 15.1 Å². The number of hydrogen-bond donors (Lipinski definition) is 1. The van der Waals surface area contributed by atoms with Crippen LogP contribution in [0.4, 0.5) is 21.5 Å². The number of nitrogens with zero attached hydrogens (tertiary/aromatic N) is 3. The molecule has 1 atom stereocenters. The van der Waals surface area contributed by atoms with E-state index in [0.29, 0.717) is 18.8 Å². The summed E-state index contributed by atoms with van der Waals surface area (Å²) in [5.74, 6) is -0.166. The summed E-state index contributed by atoms with van der Waals surface area (Å²) in [6, 6.07) is 10.1. The van der Waals surface area contributed by atoms with Crippen molar-refractivity contribution >= 4 is 23.0 Å². The van der Waals surface area contributed by atoms with E-state index in [9.17, 15) is 19.3 Å². The molecule has 30 heavy (non-hydrogen) atoms. The van der Waals surface area contributed by atoms with E-state index in [-0.39, 0.29) is 23.1 Å². The van der Waals surface area contributed by atoms with Crippen LogP contribution in [-0.4, -0.2) is 55.1 Å². The highest BCUT2D eigenvalue weighted by molar-refractivity contribution is 5.96. The molecular weight excluding hydrogens is 391 g/mol. The molecule has 1 unspecified atom stereocenters. The van der Waals surface area contributed by atoms with Crippen molar-refractivity contribution in [2.24, 2.45) is 0 Å². The average molecular weight is 416 g/mol. The van der Waals surface area contributed by atoms with Crippen molar-refractivity contribution in [1.29, 1.82) is 0 Å². The first-order chi connectivity index (χ1) is 14.4. The van der Waals surface area contributed by atoms with Gasteiger partial charge < -0.3 is 15.0 Å². The second-order valence-electron chi connectivity index (χ2n) is 7.16. The summed E-state index contributed by atoms with van der Waals surface area (Å²) < 4.78 is 18.4. The van der Waals surface area contributed by atoms with Crippen LogP contribution in [-0.2, 0) is 4.79 Å². The zero-order valence-electron chi connectivity index (χ0n) is 17.0. The second-order valence-corrected chi connectivity index (χ2v) is 7.16. The maximum atomic E-state index is 13.2. The van der Waals surface area contributed by atoms with E-state index in [4.69, 9.17) is 4.74 Å². The third kappa shape index (κ3) is 5.04. The van der Waals surface area contributed by atoms with Gasteiger partial charge in [-0.05, 0) is 43.7 Å². The Balaban J connectivity index is 1.65. The molecule has 160 valence electrons. The van der Waals surface area contributed by atoms with Crippen LogP contribution in [0.5, 0.6) is 5.75 Å². The maximum absolute atomic E-state index is 13.2. The molecule has 8 nitrogen and oxygen atoms in total. The van der Waals surface area contributed by atoms with Gasteiger partial charge in [0.15, 0.2) is 0 Å². The fraction of sp³-hybridized carbons (Fsp3) is 0.381. The Hall–Kier alpha value is -3.20. The minimum absolute atomic E-state index is 0.122. The number of nitro groups is 1. The van der Waals surface area contributed by atoms with Crippen LogP contribution in [0.15, 0.2) is 42.5 Å². The van der Waals surface area contributed by atoms with Gasteiger partial charge in [-0.1, -0.05) is 0 Å². The molecule has 0 radical (unpaired) electrons. The van der Waals surface area contributed by atoms with Crippen LogP contribution in [0.1, 0.15) is 13.3 Å². The molecule has 1 saturated heterocycles. The first kappa shape index (κ1) is 21.5. The van der Waals surface area contributed by atoms with Crippen LogP contribution in [0.2, 0.25) is 0 Å². The van der Waals surface area contributed by atoms with Gasteiger partial charge in [0.2, 0.25) is 5.91 Å². The first-order valence-corrected chi connectivity index (χ1v) is 9.77. The predicted octanol–water partition coefficient (Wildman–Crippen LogP) is 3.28. The van der Waals surface area contributed by atoms with Crippen LogP contribution in [0.3, 0.4) is 0 Å². The number of anilines is 2. The van der Waals surface area contributed by atoms with Gasteiger partial charge in [0, 0.05) is 44.0 Å². The van der Waals surface area contributed by atoms with Crippen molar-refractivity contribution in [3.05, 3.63) is 58.4 Å². The summed E-state index contributed by atoms with van der Waals surface area (Å²) in [5.41, 5.74) is 1.10. The van der Waals surface area contributed by atoms with E-state index >= 15 is 0 Å². The standard InChI is InChI=1S/C21H25FN4O4/c1-15(21(27)23-19-14-18(26(28)29)8-9-20(19)30-2)24-10-3-11-25(13-12-24)17-6-4-16(22)5-7-17/h4-9,14-15H,3,10-13H2,1-2H3,(H,23,27). The number of non-ortho nitro benzene ring substituents is 1. The predicted molar refractivity (Wildman–Crippen MR) is 113 cm³/mol. The Labute approximate surface area is 174 Å². The molecule has 0 aliphatic carbocycles. The SMILES string of the molecule is COc1ccc([N+](=O)[O-])cc1NC(=O)C(C)N1CCCN(c2ccc(F)cc2)CC1. The van der Waals surface area contributed by atoms with Gasteiger partial charge in [-0.3, -0.25) is 19.8 Å². The molecule has 1 heterocycles. The Morgan fingerprint density at radius 1 is 1.17 bits per heavy atom. The third-order valence-electron chi connectivity index (χ3n) is 5.30. The average Bonchev–Trinajstić information content (AvgIpc) is 3.00. The lowest BCUT2D eigenvalue weighted by Crippen LogP contribution is -2.44. The number of hydrogen-bond acceptors (Lipinski definition) is 6. The smallest absolute Gasteiger partial charge is 0.271 e. The first-order valence-electron chi connectivity index (χ1n) is 9.77. The van der Waals surface area contributed by atoms with Gasteiger partial charge in [0.1, 0.15) is 11.6 Å². The van der Waals surface area contributed by atoms with Crippen molar-refractivity contribution in [2.75, 3.05) is 43.5 Å². The molecule has 1 aliphatic heterocycles. The van der Waals surface area contributed by atoms with Crippen molar-refractivity contribution in [3.63, 3.8) is 0 Å². The molecular formula is C21H25FN4O4. The molecule has 1 aliphatic rings. The zero-order valence-corrected chi connectivity index (χ0v) is 17.0. The second kappa shape index (κ2) is 9.53. The molecule has 1 fully saturated rings. The quantitative estimate of drug-likeness (QED) is 0.574. The highest BCUT2D eigenvalue weighted by Crippen LogP contribution is 2.29. The number of carbonyl (C=O) groups is 1. The molecule has 0 bridgehead atoms. The van der Waals surface area contributed by atoms with Crippen molar-refractivity contribution < 1.29 is 18.8 Å². The zero-order chi connectivity index (χ0) is 21.7. The lowest BCUT2D eigenvalue weighted by atomic mass is 10.2. The Kier molecular flexibility index (Phi) is 6.83. The van der Waals surface area contributed by atoms with Crippen molar-refractivity contribution in [2.45, 2.75) is 19.4 Å². The molecule has 9 heteroatoms. The number of rotatable bonds is 6. The van der Waals surface area contributed by atoms with Gasteiger partial charge in [-0.2, -0.15) is 0 Å². The summed E-state index contributed by atoms with van der Waals surface area (Å²) in [4.78, 5) is 27.6. The maximum Gasteiger partial charge on any atom is 0.271 e. The number of methoxy groups -OCH3 is 1. The minimum atomic E-state index is -0.517. The van der Waals surface area contributed by atoms with Crippen LogP contribution < -0.4 is 15.0 Å². The molecule has 2 aromatic carbocycles. The van der Waals surface area contributed by atoms with E-state index < -0.39 is 11.0 Å². The fourth-order valence-corrected chi connectivity index (χ4v) is 3.55. The molecule has 0 aromatic heterocycles. The molecule has 0 saturated carbocycles. The van der Waals surface area contributed by atoms with Crippen molar-refractivity contribution in [3.8, 4) is 5.75 Å². The molecule has 3 rings (SSSR count). The third-order valence-corrected chi connectivity index (χ3v) is 5.30. The number of benzene rings is 2. The molecule has 1 amide bonds. The Morgan fingerprint density at radius 3 is 2.57 bits per heavy atom. The minimum Gasteiger partial charge on any atom is -0.495 e. The van der Waals surface area contributed by atoms with Gasteiger partial charge >= 0.3 is 0 Å². The number of carbonyl (C=O) groups excluding carboxylic acids is 1. The highest BCUT2D eigenvalue weighted by atomic mass is 19.1. The van der Waals surface area contributed by atoms with Crippen LogP contribution >= 0.6 is 0 Å². The number of nitrogens with one attached hydrogen (secondary N) is 1. The van der Waals surface area contributed by atoms with Gasteiger partial charge in [-0.25, -0.2) is 4.39 Å². The monoisotopic (exact) mass is 416 g/mol. The highest BCUT2D eigenvalue weighted by Gasteiger charge is 2.25. The Bertz CT molecular complexity index is 906. The van der Waals surface area contributed by atoms with Gasteiger partial charge in [0.25, 0.3) is 5.69 Å². The van der Waals surface area contributed by atoms with Crippen LogP contribution in [0, 0.1) is 15.9 Å². The van der Waals surface area contributed by atoms with Crippen LogP contribution in [0.25, 0.3) is 0 Å². The number of nitro benzene ring substituents is 1. The molecule has 2 aromatic rings. The summed E-state index contributed by atoms with van der Waals surface area (Å²) in [6.07, 6.45) is 0.856. The summed E-state index contributed by atoms with van der Waals surface area (Å²) in [7, 11) is 1.44. The van der Waals surface area contributed by atoms with E-state index in [1.807, 2.05) is 6.92 Å². The van der Waals surface area contributed by atoms with Gasteiger partial charge in [-0.15, -0.1) is 0 Å². The largest absolute Gasteiger partial charge is 0.495 e. The number of halogens is 1. The topological polar surface area (TPSA) is 87.9 Å². The fourth-order valence-electron chi connectivity index (χ4n) is 3.55. The summed E-state index contributed by atoms with van der Waals surface area (Å²) in [5, 5.41) is 13.8. The van der Waals surface area contributed by atoms with E-state index in [1.165, 1.54) is 37.4 Å². The summed E-state index contributed by atoms with van der Waals surface area (Å²) >= 11 is 0. The lowest BCUT2D eigenvalue weighted by Gasteiger charge is -2.27. The van der Waals surface area contributed by atoms with E-state index in [0.717, 1.165) is 25.2 Å². The molecule has 1 N–H and O–H groups in total. The van der Waals surface area contributed by atoms with Gasteiger partial charge in [0.05, 0.1) is 23.8 Å². The van der Waals surface area contributed by atoms with E-state index in [1.54, 1.807) is 12.1 Å². The Morgan fingerprint density at radius 2 is 1.90 bits per heavy atom. The molecule has 0 spiro atoms. The number of ether oxygens (including phenoxy) is 1. The summed E-state index contributed by atoms with van der Waals surface area (Å²) in [6.45, 7) is 4.74. The van der Waals surface area contributed by atoms with Crippen molar-refractivity contribution in [1.82, 2.24) is 4.90 Å². The lowest BCUT2D eigenvalue weighted by molar-refractivity contribution is -0.384. The normalized spacial score (nSPS) is 15.9. The number of amides is 1.